The second kappa shape index (κ2) is 13.0. The summed E-state index contributed by atoms with van der Waals surface area (Å²) in [6.45, 7) is 2.37. The summed E-state index contributed by atoms with van der Waals surface area (Å²) in [7, 11) is 5.94. The molecule has 0 unspecified atom stereocenters. The van der Waals surface area contributed by atoms with E-state index in [4.69, 9.17) is 0 Å². The van der Waals surface area contributed by atoms with Gasteiger partial charge in [-0.3, -0.25) is 9.67 Å². The van der Waals surface area contributed by atoms with Gasteiger partial charge in [-0.2, -0.15) is 5.10 Å². The van der Waals surface area contributed by atoms with Crippen molar-refractivity contribution in [3.63, 3.8) is 0 Å². The van der Waals surface area contributed by atoms with Crippen LogP contribution < -0.4 is 15.5 Å². The molecule has 0 fully saturated rings. The van der Waals surface area contributed by atoms with Crippen LogP contribution in [0.25, 0.3) is 0 Å². The zero-order valence-corrected chi connectivity index (χ0v) is 20.9. The number of hydrogen-bond donors (Lipinski definition) is 2. The Morgan fingerprint density at radius 2 is 1.74 bits per heavy atom. The van der Waals surface area contributed by atoms with Gasteiger partial charge in [0, 0.05) is 52.3 Å². The fourth-order valence-corrected chi connectivity index (χ4v) is 3.31. The van der Waals surface area contributed by atoms with Crippen molar-refractivity contribution in [2.45, 2.75) is 25.9 Å². The summed E-state index contributed by atoms with van der Waals surface area (Å²) in [5.41, 5.74) is 5.09. The van der Waals surface area contributed by atoms with Gasteiger partial charge in [0.15, 0.2) is 5.96 Å². The Labute approximate surface area is 202 Å². The smallest absolute Gasteiger partial charge is 0.191 e. The van der Waals surface area contributed by atoms with Crippen molar-refractivity contribution in [2.75, 3.05) is 32.6 Å². The highest BCUT2D eigenvalue weighted by Crippen LogP contribution is 2.13. The maximum atomic E-state index is 4.36. The van der Waals surface area contributed by atoms with Crippen molar-refractivity contribution in [3.8, 4) is 0 Å². The SMILES string of the molecule is CN=C(NCCCc1ccc(N(C)C)cc1)NCc1ccccc1Cn1cccn1.I. The third-order valence-electron chi connectivity index (χ3n) is 5.07. The number of aromatic nitrogens is 2. The van der Waals surface area contributed by atoms with Gasteiger partial charge in [0.2, 0.25) is 0 Å². The molecule has 0 aliphatic heterocycles. The first-order chi connectivity index (χ1) is 14.7. The summed E-state index contributed by atoms with van der Waals surface area (Å²) in [6.07, 6.45) is 5.89. The maximum absolute atomic E-state index is 4.36. The predicted molar refractivity (Wildman–Crippen MR) is 140 cm³/mol. The highest BCUT2D eigenvalue weighted by atomic mass is 127. The molecule has 1 aromatic heterocycles. The first-order valence-electron chi connectivity index (χ1n) is 10.4. The quantitative estimate of drug-likeness (QED) is 0.190. The summed E-state index contributed by atoms with van der Waals surface area (Å²) in [5, 5.41) is 11.2. The van der Waals surface area contributed by atoms with Crippen molar-refractivity contribution in [1.82, 2.24) is 20.4 Å². The van der Waals surface area contributed by atoms with Crippen molar-refractivity contribution in [2.24, 2.45) is 4.99 Å². The fraction of sp³-hybridized carbons (Fsp3) is 0.333. The Morgan fingerprint density at radius 1 is 1.00 bits per heavy atom. The van der Waals surface area contributed by atoms with Gasteiger partial charge >= 0.3 is 0 Å². The maximum Gasteiger partial charge on any atom is 0.191 e. The van der Waals surface area contributed by atoms with Crippen molar-refractivity contribution in [1.29, 1.82) is 0 Å². The molecule has 2 N–H and O–H groups in total. The molecule has 0 bridgehead atoms. The topological polar surface area (TPSA) is 57.5 Å². The normalized spacial score (nSPS) is 11.0. The number of nitrogens with zero attached hydrogens (tertiary/aromatic N) is 4. The molecule has 0 saturated carbocycles. The minimum Gasteiger partial charge on any atom is -0.378 e. The minimum atomic E-state index is 0. The molecule has 0 aliphatic carbocycles. The van der Waals surface area contributed by atoms with Gasteiger partial charge in [-0.15, -0.1) is 24.0 Å². The zero-order valence-electron chi connectivity index (χ0n) is 18.6. The molecule has 1 heterocycles. The van der Waals surface area contributed by atoms with E-state index in [9.17, 15) is 0 Å². The second-order valence-electron chi connectivity index (χ2n) is 7.49. The lowest BCUT2D eigenvalue weighted by Gasteiger charge is -2.15. The van der Waals surface area contributed by atoms with E-state index in [0.29, 0.717) is 0 Å². The van der Waals surface area contributed by atoms with Crippen LogP contribution in [0.1, 0.15) is 23.1 Å². The number of rotatable bonds is 9. The van der Waals surface area contributed by atoms with Crippen LogP contribution in [-0.4, -0.2) is 43.4 Å². The number of benzene rings is 2. The van der Waals surface area contributed by atoms with Gasteiger partial charge in [0.1, 0.15) is 0 Å². The summed E-state index contributed by atoms with van der Waals surface area (Å²) >= 11 is 0. The van der Waals surface area contributed by atoms with E-state index in [1.807, 2.05) is 30.2 Å². The summed E-state index contributed by atoms with van der Waals surface area (Å²) in [6, 6.07) is 19.1. The van der Waals surface area contributed by atoms with Crippen LogP contribution in [0.4, 0.5) is 5.69 Å². The number of aliphatic imine (C=N–C) groups is 1. The summed E-state index contributed by atoms with van der Waals surface area (Å²) in [5.74, 6) is 0.826. The fourth-order valence-electron chi connectivity index (χ4n) is 3.31. The molecule has 0 saturated heterocycles. The van der Waals surface area contributed by atoms with E-state index in [-0.39, 0.29) is 24.0 Å². The van der Waals surface area contributed by atoms with E-state index < -0.39 is 0 Å². The Bertz CT molecular complexity index is 920. The minimum absolute atomic E-state index is 0. The highest BCUT2D eigenvalue weighted by Gasteiger charge is 2.05. The lowest BCUT2D eigenvalue weighted by atomic mass is 10.1. The molecule has 0 radical (unpaired) electrons. The standard InChI is InChI=1S/C24H32N6.HI/c1-25-24(26-15-6-8-20-11-13-23(14-12-20)29(2)3)27-18-21-9-4-5-10-22(21)19-30-17-7-16-28-30;/h4-5,7,9-14,16-17H,6,8,15,18-19H2,1-3H3,(H2,25,26,27);1H. The average molecular weight is 532 g/mol. The molecule has 3 rings (SSSR count). The Morgan fingerprint density at radius 3 is 2.39 bits per heavy atom. The Kier molecular flexibility index (Phi) is 10.4. The third kappa shape index (κ3) is 7.90. The molecule has 0 aliphatic rings. The van der Waals surface area contributed by atoms with Gasteiger partial charge in [-0.1, -0.05) is 36.4 Å². The van der Waals surface area contributed by atoms with Crippen molar-refractivity contribution >= 4 is 35.6 Å². The van der Waals surface area contributed by atoms with E-state index in [1.165, 1.54) is 22.4 Å². The highest BCUT2D eigenvalue weighted by molar-refractivity contribution is 14.0. The van der Waals surface area contributed by atoms with Crippen molar-refractivity contribution < 1.29 is 0 Å². The molecule has 6 nitrogen and oxygen atoms in total. The number of hydrogen-bond acceptors (Lipinski definition) is 3. The lowest BCUT2D eigenvalue weighted by Crippen LogP contribution is -2.37. The van der Waals surface area contributed by atoms with Crippen LogP contribution in [0.5, 0.6) is 0 Å². The largest absolute Gasteiger partial charge is 0.378 e. The zero-order chi connectivity index (χ0) is 21.2. The number of halogens is 1. The van der Waals surface area contributed by atoms with E-state index >= 15 is 0 Å². The van der Waals surface area contributed by atoms with E-state index in [1.54, 1.807) is 0 Å². The van der Waals surface area contributed by atoms with Crippen LogP contribution in [0, 0.1) is 0 Å². The molecule has 2 aromatic carbocycles. The summed E-state index contributed by atoms with van der Waals surface area (Å²) in [4.78, 5) is 6.47. The van der Waals surface area contributed by atoms with Gasteiger partial charge in [-0.05, 0) is 47.7 Å². The number of anilines is 1. The van der Waals surface area contributed by atoms with Gasteiger partial charge in [0.05, 0.1) is 6.54 Å². The third-order valence-corrected chi connectivity index (χ3v) is 5.07. The lowest BCUT2D eigenvalue weighted by molar-refractivity contribution is 0.677. The molecule has 31 heavy (non-hydrogen) atoms. The molecule has 7 heteroatoms. The van der Waals surface area contributed by atoms with E-state index in [0.717, 1.165) is 38.4 Å². The monoisotopic (exact) mass is 532 g/mol. The molecule has 0 atom stereocenters. The van der Waals surface area contributed by atoms with E-state index in [2.05, 4.69) is 88.3 Å². The predicted octanol–water partition coefficient (Wildman–Crippen LogP) is 3.91. The first kappa shape index (κ1) is 24.7. The molecule has 0 amide bonds. The molecule has 3 aromatic rings. The van der Waals surface area contributed by atoms with Gasteiger partial charge < -0.3 is 15.5 Å². The molecule has 0 spiro atoms. The van der Waals surface area contributed by atoms with Gasteiger partial charge in [0.25, 0.3) is 0 Å². The average Bonchev–Trinajstić information content (AvgIpc) is 3.27. The van der Waals surface area contributed by atoms with Crippen LogP contribution in [0.2, 0.25) is 0 Å². The summed E-state index contributed by atoms with van der Waals surface area (Å²) < 4.78 is 1.94. The van der Waals surface area contributed by atoms with Crippen LogP contribution in [0.15, 0.2) is 72.0 Å². The van der Waals surface area contributed by atoms with Gasteiger partial charge in [-0.25, -0.2) is 0 Å². The number of nitrogens with one attached hydrogen (secondary N) is 2. The first-order valence-corrected chi connectivity index (χ1v) is 10.4. The molecule has 166 valence electrons. The molecular formula is C24H33IN6. The Balaban J connectivity index is 0.00000341. The Hall–Kier alpha value is -2.55. The molecular weight excluding hydrogens is 499 g/mol. The van der Waals surface area contributed by atoms with Crippen LogP contribution in [-0.2, 0) is 19.5 Å². The number of guanidine groups is 1. The second-order valence-corrected chi connectivity index (χ2v) is 7.49. The van der Waals surface area contributed by atoms with Crippen LogP contribution in [0.3, 0.4) is 0 Å². The van der Waals surface area contributed by atoms with Crippen LogP contribution >= 0.6 is 24.0 Å². The van der Waals surface area contributed by atoms with Crippen molar-refractivity contribution in [3.05, 3.63) is 83.7 Å². The number of aryl methyl sites for hydroxylation is 1.